The van der Waals surface area contributed by atoms with Gasteiger partial charge in [0.25, 0.3) is 5.91 Å². The van der Waals surface area contributed by atoms with E-state index in [1.165, 1.54) is 0 Å². The molecule has 1 aliphatic rings. The maximum atomic E-state index is 12.0. The van der Waals surface area contributed by atoms with Crippen LogP contribution in [0.4, 0.5) is 10.5 Å². The first-order chi connectivity index (χ1) is 12.6. The van der Waals surface area contributed by atoms with Crippen molar-refractivity contribution in [1.82, 2.24) is 20.4 Å². The highest BCUT2D eigenvalue weighted by Gasteiger charge is 2.23. The minimum atomic E-state index is -0.313. The van der Waals surface area contributed by atoms with Crippen molar-refractivity contribution in [3.05, 3.63) is 47.8 Å². The molecule has 3 amide bonds. The zero-order chi connectivity index (χ0) is 18.4. The van der Waals surface area contributed by atoms with E-state index in [2.05, 4.69) is 21.0 Å². The van der Waals surface area contributed by atoms with E-state index in [0.29, 0.717) is 37.0 Å². The summed E-state index contributed by atoms with van der Waals surface area (Å²) in [4.78, 5) is 23.9. The third-order valence-electron chi connectivity index (χ3n) is 4.00. The molecule has 0 radical (unpaired) electrons. The first-order valence-corrected chi connectivity index (χ1v) is 8.60. The fourth-order valence-electron chi connectivity index (χ4n) is 2.36. The lowest BCUT2D eigenvalue weighted by Gasteiger charge is -2.07. The quantitative estimate of drug-likeness (QED) is 0.670. The molecule has 0 atom stereocenters. The van der Waals surface area contributed by atoms with Crippen molar-refractivity contribution < 1.29 is 14.3 Å². The van der Waals surface area contributed by atoms with Crippen molar-refractivity contribution in [3.8, 4) is 0 Å². The SMILES string of the molecule is COCCn1cc(NC(=O)NCc2ccc(C(=O)NC3CC3)cc2)cn1. The van der Waals surface area contributed by atoms with E-state index in [-0.39, 0.29) is 11.9 Å². The van der Waals surface area contributed by atoms with Crippen LogP contribution in [-0.4, -0.2) is 41.5 Å². The highest BCUT2D eigenvalue weighted by Crippen LogP contribution is 2.19. The van der Waals surface area contributed by atoms with Gasteiger partial charge < -0.3 is 20.7 Å². The number of nitrogens with one attached hydrogen (secondary N) is 3. The molecule has 2 aromatic rings. The zero-order valence-corrected chi connectivity index (χ0v) is 14.7. The molecule has 1 aromatic carbocycles. The van der Waals surface area contributed by atoms with Gasteiger partial charge in [-0.05, 0) is 30.5 Å². The van der Waals surface area contributed by atoms with Crippen molar-refractivity contribution in [2.75, 3.05) is 19.0 Å². The summed E-state index contributed by atoms with van der Waals surface area (Å²) in [6.45, 7) is 1.55. The Balaban J connectivity index is 1.43. The first-order valence-electron chi connectivity index (χ1n) is 8.60. The summed E-state index contributed by atoms with van der Waals surface area (Å²) in [5.74, 6) is -0.0461. The van der Waals surface area contributed by atoms with E-state index >= 15 is 0 Å². The van der Waals surface area contributed by atoms with Crippen LogP contribution in [0.15, 0.2) is 36.7 Å². The maximum Gasteiger partial charge on any atom is 0.319 e. The number of rotatable bonds is 8. The Labute approximate surface area is 151 Å². The van der Waals surface area contributed by atoms with E-state index in [1.807, 2.05) is 12.1 Å². The van der Waals surface area contributed by atoms with Gasteiger partial charge in [-0.25, -0.2) is 4.79 Å². The number of anilines is 1. The minimum Gasteiger partial charge on any atom is -0.383 e. The molecule has 3 rings (SSSR count). The number of methoxy groups -OCH3 is 1. The molecule has 1 aromatic heterocycles. The Bertz CT molecular complexity index is 752. The smallest absolute Gasteiger partial charge is 0.319 e. The lowest BCUT2D eigenvalue weighted by Crippen LogP contribution is -2.28. The lowest BCUT2D eigenvalue weighted by molar-refractivity contribution is 0.0951. The number of amides is 3. The molecule has 0 unspecified atom stereocenters. The summed E-state index contributed by atoms with van der Waals surface area (Å²) in [6.07, 6.45) is 5.46. The van der Waals surface area contributed by atoms with Crippen molar-refractivity contribution >= 4 is 17.6 Å². The van der Waals surface area contributed by atoms with Crippen LogP contribution in [0.5, 0.6) is 0 Å². The van der Waals surface area contributed by atoms with E-state index < -0.39 is 0 Å². The predicted octanol–water partition coefficient (Wildman–Crippen LogP) is 1.74. The first kappa shape index (κ1) is 17.9. The Kier molecular flexibility index (Phi) is 5.85. The molecule has 3 N–H and O–H groups in total. The fraction of sp³-hybridized carbons (Fsp3) is 0.389. The van der Waals surface area contributed by atoms with Crippen molar-refractivity contribution in [3.63, 3.8) is 0 Å². The normalized spacial score (nSPS) is 13.3. The molecule has 8 nitrogen and oxygen atoms in total. The van der Waals surface area contributed by atoms with Crippen LogP contribution in [0.2, 0.25) is 0 Å². The number of hydrogen-bond acceptors (Lipinski definition) is 4. The van der Waals surface area contributed by atoms with Gasteiger partial charge in [-0.15, -0.1) is 0 Å². The summed E-state index contributed by atoms with van der Waals surface area (Å²) in [5, 5.41) is 12.6. The van der Waals surface area contributed by atoms with Crippen LogP contribution in [-0.2, 0) is 17.8 Å². The van der Waals surface area contributed by atoms with E-state index in [4.69, 9.17) is 4.74 Å². The number of nitrogens with zero attached hydrogens (tertiary/aromatic N) is 2. The highest BCUT2D eigenvalue weighted by atomic mass is 16.5. The monoisotopic (exact) mass is 357 g/mol. The van der Waals surface area contributed by atoms with Gasteiger partial charge in [0.1, 0.15) is 0 Å². The number of aromatic nitrogens is 2. The highest BCUT2D eigenvalue weighted by molar-refractivity contribution is 5.94. The zero-order valence-electron chi connectivity index (χ0n) is 14.7. The molecule has 0 aliphatic heterocycles. The average molecular weight is 357 g/mol. The molecule has 0 bridgehead atoms. The fourth-order valence-corrected chi connectivity index (χ4v) is 2.36. The van der Waals surface area contributed by atoms with Crippen molar-refractivity contribution in [2.24, 2.45) is 0 Å². The third-order valence-corrected chi connectivity index (χ3v) is 4.00. The molecule has 0 saturated heterocycles. The second-order valence-electron chi connectivity index (χ2n) is 6.24. The van der Waals surface area contributed by atoms with Crippen LogP contribution in [0.3, 0.4) is 0 Å². The van der Waals surface area contributed by atoms with Gasteiger partial charge in [-0.3, -0.25) is 9.48 Å². The Morgan fingerprint density at radius 3 is 2.73 bits per heavy atom. The summed E-state index contributed by atoms with van der Waals surface area (Å²) in [7, 11) is 1.63. The summed E-state index contributed by atoms with van der Waals surface area (Å²) >= 11 is 0. The molecule has 1 aliphatic carbocycles. The molecule has 26 heavy (non-hydrogen) atoms. The second kappa shape index (κ2) is 8.48. The van der Waals surface area contributed by atoms with E-state index in [9.17, 15) is 9.59 Å². The van der Waals surface area contributed by atoms with E-state index in [1.54, 1.807) is 36.3 Å². The van der Waals surface area contributed by atoms with Crippen LogP contribution in [0.25, 0.3) is 0 Å². The van der Waals surface area contributed by atoms with Crippen LogP contribution in [0, 0.1) is 0 Å². The number of urea groups is 1. The Morgan fingerprint density at radius 2 is 2.04 bits per heavy atom. The lowest BCUT2D eigenvalue weighted by atomic mass is 10.1. The standard InChI is InChI=1S/C18H23N5O3/c1-26-9-8-23-12-16(11-20-23)22-18(25)19-10-13-2-4-14(5-3-13)17(24)21-15-6-7-15/h2-5,11-12,15H,6-10H2,1H3,(H,21,24)(H2,19,22,25). The molecule has 1 heterocycles. The van der Waals surface area contributed by atoms with E-state index in [0.717, 1.165) is 18.4 Å². The average Bonchev–Trinajstić information content (AvgIpc) is 3.35. The summed E-state index contributed by atoms with van der Waals surface area (Å²) in [6, 6.07) is 7.24. The Hall–Kier alpha value is -2.87. The topological polar surface area (TPSA) is 97.3 Å². The largest absolute Gasteiger partial charge is 0.383 e. The van der Waals surface area contributed by atoms with Crippen LogP contribution < -0.4 is 16.0 Å². The van der Waals surface area contributed by atoms with Crippen molar-refractivity contribution in [1.29, 1.82) is 0 Å². The molecular weight excluding hydrogens is 334 g/mol. The number of ether oxygens (including phenoxy) is 1. The van der Waals surface area contributed by atoms with Gasteiger partial charge in [0.2, 0.25) is 0 Å². The van der Waals surface area contributed by atoms with Gasteiger partial charge in [0.05, 0.1) is 25.0 Å². The molecule has 138 valence electrons. The van der Waals surface area contributed by atoms with Gasteiger partial charge in [0.15, 0.2) is 0 Å². The van der Waals surface area contributed by atoms with Gasteiger partial charge in [-0.1, -0.05) is 12.1 Å². The number of carbonyl (C=O) groups is 2. The van der Waals surface area contributed by atoms with Crippen LogP contribution >= 0.6 is 0 Å². The number of hydrogen-bond donors (Lipinski definition) is 3. The minimum absolute atomic E-state index is 0.0461. The molecule has 8 heteroatoms. The van der Waals surface area contributed by atoms with Gasteiger partial charge in [-0.2, -0.15) is 5.10 Å². The maximum absolute atomic E-state index is 12.0. The van der Waals surface area contributed by atoms with Crippen LogP contribution in [0.1, 0.15) is 28.8 Å². The predicted molar refractivity (Wildman–Crippen MR) is 96.9 cm³/mol. The molecule has 0 spiro atoms. The molecule has 1 fully saturated rings. The third kappa shape index (κ3) is 5.32. The van der Waals surface area contributed by atoms with Crippen molar-refractivity contribution in [2.45, 2.75) is 32.0 Å². The molecule has 1 saturated carbocycles. The molecular formula is C18H23N5O3. The second-order valence-corrected chi connectivity index (χ2v) is 6.24. The van der Waals surface area contributed by atoms with Gasteiger partial charge >= 0.3 is 6.03 Å². The summed E-state index contributed by atoms with van der Waals surface area (Å²) < 4.78 is 6.68. The summed E-state index contributed by atoms with van der Waals surface area (Å²) in [5.41, 5.74) is 2.16. The number of benzene rings is 1. The number of carbonyl (C=O) groups excluding carboxylic acids is 2. The Morgan fingerprint density at radius 1 is 1.27 bits per heavy atom. The van der Waals surface area contributed by atoms with Gasteiger partial charge in [0, 0.05) is 31.5 Å².